The zero-order valence-corrected chi connectivity index (χ0v) is 14.1. The van der Waals surface area contributed by atoms with Crippen LogP contribution in [-0.2, 0) is 13.0 Å². The number of rotatable bonds is 4. The highest BCUT2D eigenvalue weighted by atomic mass is 16.5. The van der Waals surface area contributed by atoms with E-state index >= 15 is 0 Å². The zero-order chi connectivity index (χ0) is 17.9. The summed E-state index contributed by atoms with van der Waals surface area (Å²) in [5.41, 5.74) is 3.58. The lowest BCUT2D eigenvalue weighted by Crippen LogP contribution is -2.00. The molecule has 4 rings (SSSR count). The molecule has 0 amide bonds. The van der Waals surface area contributed by atoms with E-state index in [0.717, 1.165) is 11.3 Å². The number of phenolic OH excluding ortho intramolecular Hbond substituents is 1. The second-order valence-electron chi connectivity index (χ2n) is 6.13. The molecule has 1 aromatic heterocycles. The van der Waals surface area contributed by atoms with E-state index in [0.29, 0.717) is 35.5 Å². The van der Waals surface area contributed by atoms with Gasteiger partial charge in [0.25, 0.3) is 0 Å². The second kappa shape index (κ2) is 6.84. The van der Waals surface area contributed by atoms with Gasteiger partial charge >= 0.3 is 0 Å². The van der Waals surface area contributed by atoms with Gasteiger partial charge in [0.05, 0.1) is 5.69 Å². The Morgan fingerprint density at radius 1 is 1.04 bits per heavy atom. The van der Waals surface area contributed by atoms with Gasteiger partial charge in [0.1, 0.15) is 18.1 Å². The first-order chi connectivity index (χ1) is 12.7. The number of para-hydroxylation sites is 1. The fourth-order valence-electron chi connectivity index (χ4n) is 3.09. The molecule has 2 aromatic carbocycles. The van der Waals surface area contributed by atoms with Crippen molar-refractivity contribution >= 4 is 11.9 Å². The number of ketones is 1. The van der Waals surface area contributed by atoms with Gasteiger partial charge in [-0.1, -0.05) is 36.4 Å². The van der Waals surface area contributed by atoms with Crippen LogP contribution in [0.25, 0.3) is 6.08 Å². The second-order valence-corrected chi connectivity index (χ2v) is 6.13. The van der Waals surface area contributed by atoms with Crippen LogP contribution in [0.1, 0.15) is 27.2 Å². The molecule has 3 aromatic rings. The van der Waals surface area contributed by atoms with Crippen LogP contribution >= 0.6 is 0 Å². The van der Waals surface area contributed by atoms with Crippen molar-refractivity contribution in [3.8, 4) is 11.5 Å². The van der Waals surface area contributed by atoms with Gasteiger partial charge < -0.3 is 9.84 Å². The third kappa shape index (κ3) is 3.09. The number of aromatic nitrogens is 1. The highest BCUT2D eigenvalue weighted by molar-refractivity contribution is 6.16. The summed E-state index contributed by atoms with van der Waals surface area (Å²) in [7, 11) is 0. The molecular formula is C22H17NO3. The lowest BCUT2D eigenvalue weighted by molar-refractivity contribution is 0.104. The Kier molecular flexibility index (Phi) is 4.23. The van der Waals surface area contributed by atoms with E-state index in [1.54, 1.807) is 24.4 Å². The fourth-order valence-corrected chi connectivity index (χ4v) is 3.09. The molecule has 4 nitrogen and oxygen atoms in total. The zero-order valence-electron chi connectivity index (χ0n) is 14.1. The molecular weight excluding hydrogens is 326 g/mol. The third-order valence-electron chi connectivity index (χ3n) is 4.41. The van der Waals surface area contributed by atoms with Crippen LogP contribution in [0, 0.1) is 0 Å². The Bertz CT molecular complexity index is 993. The van der Waals surface area contributed by atoms with Gasteiger partial charge in [0.2, 0.25) is 0 Å². The molecule has 0 radical (unpaired) electrons. The van der Waals surface area contributed by atoms with Gasteiger partial charge in [-0.25, -0.2) is 0 Å². The molecule has 1 N–H and O–H groups in total. The van der Waals surface area contributed by atoms with E-state index in [2.05, 4.69) is 4.98 Å². The van der Waals surface area contributed by atoms with E-state index in [1.165, 1.54) is 0 Å². The first-order valence-electron chi connectivity index (χ1n) is 8.40. The SMILES string of the molecule is O=C1C(=Cc2ccccc2OCc2ccccn2)Cc2c(O)cccc21. The minimum Gasteiger partial charge on any atom is -0.508 e. The summed E-state index contributed by atoms with van der Waals surface area (Å²) in [5, 5.41) is 9.99. The number of aromatic hydroxyl groups is 1. The smallest absolute Gasteiger partial charge is 0.189 e. The number of carbonyl (C=O) groups excluding carboxylic acids is 1. The first kappa shape index (κ1) is 16.1. The minimum absolute atomic E-state index is 0.0459. The summed E-state index contributed by atoms with van der Waals surface area (Å²) < 4.78 is 5.90. The summed E-state index contributed by atoms with van der Waals surface area (Å²) in [6.07, 6.45) is 4.00. The molecule has 0 atom stereocenters. The minimum atomic E-state index is -0.0459. The molecule has 1 aliphatic rings. The quantitative estimate of drug-likeness (QED) is 0.722. The number of hydrogen-bond donors (Lipinski definition) is 1. The van der Waals surface area contributed by atoms with E-state index in [9.17, 15) is 9.90 Å². The molecule has 4 heteroatoms. The number of benzene rings is 2. The normalized spacial score (nSPS) is 14.5. The van der Waals surface area contributed by atoms with Crippen LogP contribution in [0.4, 0.5) is 0 Å². The van der Waals surface area contributed by atoms with Crippen molar-refractivity contribution in [1.82, 2.24) is 4.98 Å². The molecule has 1 aliphatic carbocycles. The van der Waals surface area contributed by atoms with Gasteiger partial charge in [0.15, 0.2) is 5.78 Å². The number of carbonyl (C=O) groups is 1. The molecule has 0 unspecified atom stereocenters. The Morgan fingerprint density at radius 3 is 2.69 bits per heavy atom. The number of nitrogens with zero attached hydrogens (tertiary/aromatic N) is 1. The van der Waals surface area contributed by atoms with Crippen LogP contribution in [0.5, 0.6) is 11.5 Å². The van der Waals surface area contributed by atoms with Gasteiger partial charge in [-0.05, 0) is 30.3 Å². The molecule has 128 valence electrons. The van der Waals surface area contributed by atoms with Crippen molar-refractivity contribution in [2.24, 2.45) is 0 Å². The Morgan fingerprint density at radius 2 is 1.88 bits per heavy atom. The number of ether oxygens (including phenoxy) is 1. The third-order valence-corrected chi connectivity index (χ3v) is 4.41. The van der Waals surface area contributed by atoms with Gasteiger partial charge in [-0.3, -0.25) is 9.78 Å². The molecule has 1 heterocycles. The molecule has 0 fully saturated rings. The predicted octanol–water partition coefficient (Wildman–Crippen LogP) is 4.19. The summed E-state index contributed by atoms with van der Waals surface area (Å²) in [6, 6.07) is 18.3. The maximum Gasteiger partial charge on any atom is 0.189 e. The van der Waals surface area contributed by atoms with Gasteiger partial charge in [-0.15, -0.1) is 0 Å². The van der Waals surface area contributed by atoms with Crippen molar-refractivity contribution < 1.29 is 14.6 Å². The van der Waals surface area contributed by atoms with Gasteiger partial charge in [-0.2, -0.15) is 0 Å². The summed E-state index contributed by atoms with van der Waals surface area (Å²) >= 11 is 0. The average Bonchev–Trinajstić information content (AvgIpc) is 2.99. The molecule has 0 saturated carbocycles. The topological polar surface area (TPSA) is 59.4 Å². The molecule has 0 bridgehead atoms. The number of pyridine rings is 1. The standard InChI is InChI=1S/C22H17NO3/c24-20-9-5-8-18-19(20)13-16(22(18)25)12-15-6-1-2-10-21(15)26-14-17-7-3-4-11-23-17/h1-12,24H,13-14H2. The maximum atomic E-state index is 12.6. The number of Topliss-reactive ketones (excluding diaryl/α,β-unsaturated/α-hetero) is 1. The average molecular weight is 343 g/mol. The van der Waals surface area contributed by atoms with Crippen molar-refractivity contribution in [3.05, 3.63) is 94.8 Å². The summed E-state index contributed by atoms with van der Waals surface area (Å²) in [6.45, 7) is 0.357. The number of hydrogen-bond acceptors (Lipinski definition) is 4. The monoisotopic (exact) mass is 343 g/mol. The largest absolute Gasteiger partial charge is 0.508 e. The van der Waals surface area contributed by atoms with Crippen molar-refractivity contribution in [1.29, 1.82) is 0 Å². The molecule has 0 saturated heterocycles. The number of fused-ring (bicyclic) bond motifs is 1. The summed E-state index contributed by atoms with van der Waals surface area (Å²) in [5.74, 6) is 0.813. The predicted molar refractivity (Wildman–Crippen MR) is 99.1 cm³/mol. The molecule has 0 spiro atoms. The maximum absolute atomic E-state index is 12.6. The van der Waals surface area contributed by atoms with Crippen LogP contribution in [-0.4, -0.2) is 15.9 Å². The number of allylic oxidation sites excluding steroid dienone is 1. The lowest BCUT2D eigenvalue weighted by Gasteiger charge is -2.09. The highest BCUT2D eigenvalue weighted by Crippen LogP contribution is 2.34. The highest BCUT2D eigenvalue weighted by Gasteiger charge is 2.27. The molecule has 26 heavy (non-hydrogen) atoms. The number of phenols is 1. The van der Waals surface area contributed by atoms with Crippen LogP contribution < -0.4 is 4.74 Å². The van der Waals surface area contributed by atoms with Crippen molar-refractivity contribution in [2.45, 2.75) is 13.0 Å². The van der Waals surface area contributed by atoms with Crippen LogP contribution in [0.15, 0.2) is 72.4 Å². The van der Waals surface area contributed by atoms with Crippen LogP contribution in [0.3, 0.4) is 0 Å². The van der Waals surface area contributed by atoms with E-state index in [4.69, 9.17) is 4.74 Å². The Labute approximate surface area is 151 Å². The van der Waals surface area contributed by atoms with Crippen molar-refractivity contribution in [3.63, 3.8) is 0 Å². The van der Waals surface area contributed by atoms with E-state index in [1.807, 2.05) is 48.5 Å². The van der Waals surface area contributed by atoms with Crippen LogP contribution in [0.2, 0.25) is 0 Å². The van der Waals surface area contributed by atoms with E-state index < -0.39 is 0 Å². The lowest BCUT2D eigenvalue weighted by atomic mass is 10.1. The fraction of sp³-hybridized carbons (Fsp3) is 0.0909. The molecule has 0 aliphatic heterocycles. The Balaban J connectivity index is 1.60. The van der Waals surface area contributed by atoms with E-state index in [-0.39, 0.29) is 11.5 Å². The first-order valence-corrected chi connectivity index (χ1v) is 8.40. The Hall–Kier alpha value is -3.40. The van der Waals surface area contributed by atoms with Crippen molar-refractivity contribution in [2.75, 3.05) is 0 Å². The summed E-state index contributed by atoms with van der Waals surface area (Å²) in [4.78, 5) is 16.9. The van der Waals surface area contributed by atoms with Gasteiger partial charge in [0, 0.05) is 34.9 Å².